The number of aromatic nitrogens is 2. The predicted octanol–water partition coefficient (Wildman–Crippen LogP) is -4.27. The maximum atomic E-state index is 14.1. The second kappa shape index (κ2) is 28.3. The number of carbonyl (C=O) groups is 11. The Kier molecular flexibility index (Phi) is 23.0. The molecule has 1 aromatic heterocycles. The minimum absolute atomic E-state index is 0.195. The topological polar surface area (TPSA) is 436 Å². The van der Waals surface area contributed by atoms with Crippen molar-refractivity contribution in [3.8, 4) is 0 Å². The maximum Gasteiger partial charge on any atom is 0.326 e. The number of carboxylic acids is 1. The second-order valence-electron chi connectivity index (χ2n) is 17.5. The van der Waals surface area contributed by atoms with Gasteiger partial charge in [-0.25, -0.2) is 9.78 Å². The van der Waals surface area contributed by atoms with Crippen molar-refractivity contribution in [2.24, 2.45) is 28.9 Å². The van der Waals surface area contributed by atoms with Gasteiger partial charge >= 0.3 is 5.97 Å². The highest BCUT2D eigenvalue weighted by atomic mass is 16.4. The summed E-state index contributed by atoms with van der Waals surface area (Å²) in [4.78, 5) is 152. The first-order chi connectivity index (χ1) is 33.5. The summed E-state index contributed by atoms with van der Waals surface area (Å²) in [5.74, 6) is -11.1. The molecule has 26 heteroatoms. The highest BCUT2D eigenvalue weighted by Gasteiger charge is 2.39. The summed E-state index contributed by atoms with van der Waals surface area (Å²) in [6.45, 7) is 4.60. The lowest BCUT2D eigenvalue weighted by Gasteiger charge is -2.29. The zero-order valence-corrected chi connectivity index (χ0v) is 39.9. The quantitative estimate of drug-likeness (QED) is 0.0352. The SMILES string of the molecule is CC[C@H](C)[C@H](NC(=O)[C@H](CCC(N)=O)NC(=O)[C@@H](NC(=O)[C@H](Cc1cnc[nH]1)NC(=O)[C@H](CCC(N)=O)NC(=O)[C@H](CCC(N)=O)NC(=O)[C@@H]1CCCN1C(=O)[C@@H](N)Cc1ccccc1)[C@@H](C)O)C(=O)O. The van der Waals surface area contributed by atoms with E-state index in [0.29, 0.717) is 12.8 Å². The lowest BCUT2D eigenvalue weighted by atomic mass is 9.98. The van der Waals surface area contributed by atoms with Gasteiger partial charge in [0, 0.05) is 44.1 Å². The van der Waals surface area contributed by atoms with Gasteiger partial charge in [0.2, 0.25) is 59.1 Å². The number of H-pyrrole nitrogens is 1. The van der Waals surface area contributed by atoms with E-state index >= 15 is 0 Å². The van der Waals surface area contributed by atoms with Crippen molar-refractivity contribution in [2.75, 3.05) is 6.54 Å². The van der Waals surface area contributed by atoms with Gasteiger partial charge in [-0.15, -0.1) is 0 Å². The van der Waals surface area contributed by atoms with E-state index < -0.39 is 158 Å². The molecule has 0 unspecified atom stereocenters. The Morgan fingerprint density at radius 2 is 1.20 bits per heavy atom. The molecule has 1 aliphatic heterocycles. The molecule has 1 aromatic carbocycles. The van der Waals surface area contributed by atoms with Crippen LogP contribution in [0.25, 0.3) is 0 Å². The number of aromatic amines is 1. The predicted molar refractivity (Wildman–Crippen MR) is 251 cm³/mol. The minimum atomic E-state index is -1.84. The van der Waals surface area contributed by atoms with E-state index in [1.807, 2.05) is 6.07 Å². The standard InChI is InChI=1S/C45H67N13O13/c1-4-23(2)36(45(70)71)56-40(65)30(14-17-35(49)62)54-43(68)37(24(3)59)57-41(66)31(20-26-21-50-22-51-26)55-39(64)28(12-15-33(47)60)52-38(63)29(13-16-34(48)61)53-42(67)32-11-8-18-58(32)44(69)27(46)19-25-9-6-5-7-10-25/h5-7,9-10,21-24,27-32,36-37,59H,4,8,11-20,46H2,1-3H3,(H2,47,60)(H2,48,61)(H2,49,62)(H,50,51)(H,52,63)(H,53,67)(H,54,68)(H,55,64)(H,56,65)(H,57,66)(H,70,71)/t23-,24+,27-,28-,29-,30-,31-,32-,36-,37-/m0/s1. The molecule has 0 saturated carbocycles. The largest absolute Gasteiger partial charge is 0.480 e. The smallest absolute Gasteiger partial charge is 0.326 e. The molecule has 390 valence electrons. The van der Waals surface area contributed by atoms with Crippen LogP contribution >= 0.6 is 0 Å². The van der Waals surface area contributed by atoms with Crippen LogP contribution in [-0.4, -0.2) is 151 Å². The summed E-state index contributed by atoms with van der Waals surface area (Å²) in [5.41, 5.74) is 23.4. The highest BCUT2D eigenvalue weighted by Crippen LogP contribution is 2.20. The number of aliphatic carboxylic acids is 1. The van der Waals surface area contributed by atoms with Gasteiger partial charge in [-0.3, -0.25) is 47.9 Å². The van der Waals surface area contributed by atoms with Crippen molar-refractivity contribution < 1.29 is 63.0 Å². The molecule has 0 spiro atoms. The molecule has 1 saturated heterocycles. The van der Waals surface area contributed by atoms with Gasteiger partial charge in [0.25, 0.3) is 0 Å². The number of likely N-dealkylation sites (tertiary alicyclic amines) is 1. The van der Waals surface area contributed by atoms with E-state index in [4.69, 9.17) is 22.9 Å². The number of rotatable bonds is 30. The van der Waals surface area contributed by atoms with E-state index in [-0.39, 0.29) is 37.9 Å². The number of aliphatic hydroxyl groups is 1. The first kappa shape index (κ1) is 57.8. The third-order valence-corrected chi connectivity index (χ3v) is 11.8. The summed E-state index contributed by atoms with van der Waals surface area (Å²) >= 11 is 0. The highest BCUT2D eigenvalue weighted by molar-refractivity contribution is 5.98. The zero-order valence-electron chi connectivity index (χ0n) is 39.9. The maximum absolute atomic E-state index is 14.1. The number of aliphatic hydroxyl groups excluding tert-OH is 1. The molecule has 10 atom stereocenters. The fraction of sp³-hybridized carbons (Fsp3) is 0.556. The number of hydrogen-bond acceptors (Lipinski definition) is 14. The van der Waals surface area contributed by atoms with Crippen molar-refractivity contribution in [1.29, 1.82) is 0 Å². The van der Waals surface area contributed by atoms with Gasteiger partial charge < -0.3 is 74.9 Å². The number of carbonyl (C=O) groups excluding carboxylic acids is 10. The van der Waals surface area contributed by atoms with Gasteiger partial charge in [-0.2, -0.15) is 0 Å². The molecule has 71 heavy (non-hydrogen) atoms. The molecule has 2 aromatic rings. The minimum Gasteiger partial charge on any atom is -0.480 e. The Hall–Kier alpha value is -7.48. The monoisotopic (exact) mass is 997 g/mol. The van der Waals surface area contributed by atoms with Crippen molar-refractivity contribution in [1.82, 2.24) is 46.8 Å². The van der Waals surface area contributed by atoms with Gasteiger partial charge in [-0.1, -0.05) is 50.6 Å². The molecule has 3 rings (SSSR count). The van der Waals surface area contributed by atoms with E-state index in [0.717, 1.165) is 12.5 Å². The van der Waals surface area contributed by atoms with Crippen LogP contribution in [0, 0.1) is 5.92 Å². The van der Waals surface area contributed by atoms with Crippen LogP contribution in [-0.2, 0) is 65.6 Å². The normalized spacial score (nSPS) is 17.0. The van der Waals surface area contributed by atoms with Crippen LogP contribution in [0.15, 0.2) is 42.9 Å². The molecule has 17 N–H and O–H groups in total. The number of nitrogens with one attached hydrogen (secondary N) is 7. The molecule has 1 aliphatic rings. The number of nitrogens with zero attached hydrogens (tertiary/aromatic N) is 2. The molecule has 1 fully saturated rings. The van der Waals surface area contributed by atoms with Crippen LogP contribution in [0.2, 0.25) is 0 Å². The van der Waals surface area contributed by atoms with Gasteiger partial charge in [0.15, 0.2) is 0 Å². The zero-order chi connectivity index (χ0) is 52.9. The third kappa shape index (κ3) is 18.7. The molecule has 10 amide bonds. The first-order valence-corrected chi connectivity index (χ1v) is 23.2. The van der Waals surface area contributed by atoms with Crippen molar-refractivity contribution in [3.63, 3.8) is 0 Å². The summed E-state index contributed by atoms with van der Waals surface area (Å²) in [6, 6.07) is -2.63. The number of hydrogen-bond donors (Lipinski definition) is 13. The van der Waals surface area contributed by atoms with Crippen LogP contribution in [0.5, 0.6) is 0 Å². The number of carboxylic acid groups (broad SMARTS) is 1. The van der Waals surface area contributed by atoms with E-state index in [2.05, 4.69) is 41.9 Å². The van der Waals surface area contributed by atoms with Crippen molar-refractivity contribution in [2.45, 2.75) is 146 Å². The van der Waals surface area contributed by atoms with Gasteiger partial charge in [0.1, 0.15) is 42.3 Å². The fourth-order valence-electron chi connectivity index (χ4n) is 7.63. The lowest BCUT2D eigenvalue weighted by Crippen LogP contribution is -2.62. The van der Waals surface area contributed by atoms with E-state index in [9.17, 15) is 63.0 Å². The van der Waals surface area contributed by atoms with E-state index in [1.54, 1.807) is 38.1 Å². The van der Waals surface area contributed by atoms with Gasteiger partial charge in [-0.05, 0) is 56.9 Å². The first-order valence-electron chi connectivity index (χ1n) is 23.2. The fourth-order valence-corrected chi connectivity index (χ4v) is 7.63. The van der Waals surface area contributed by atoms with Crippen molar-refractivity contribution in [3.05, 3.63) is 54.1 Å². The van der Waals surface area contributed by atoms with Crippen LogP contribution in [0.1, 0.15) is 89.8 Å². The van der Waals surface area contributed by atoms with Crippen LogP contribution in [0.4, 0.5) is 0 Å². The summed E-state index contributed by atoms with van der Waals surface area (Å²) < 4.78 is 0. The number of nitrogens with two attached hydrogens (primary N) is 4. The van der Waals surface area contributed by atoms with Crippen molar-refractivity contribution >= 4 is 65.0 Å². The van der Waals surface area contributed by atoms with E-state index in [1.165, 1.54) is 17.4 Å². The average molecular weight is 998 g/mol. The lowest BCUT2D eigenvalue weighted by molar-refractivity contribution is -0.144. The van der Waals surface area contributed by atoms with Crippen LogP contribution < -0.4 is 54.8 Å². The number of primary amides is 3. The number of amides is 10. The second-order valence-corrected chi connectivity index (χ2v) is 17.5. The summed E-state index contributed by atoms with van der Waals surface area (Å²) in [7, 11) is 0. The molecule has 0 aliphatic carbocycles. The Labute approximate surface area is 409 Å². The molecular formula is C45H67N13O13. The number of imidazole rings is 1. The number of benzene rings is 1. The Balaban J connectivity index is 1.86. The third-order valence-electron chi connectivity index (χ3n) is 11.8. The summed E-state index contributed by atoms with van der Waals surface area (Å²) in [5, 5.41) is 34.9. The Bertz CT molecular complexity index is 2190. The molecule has 26 nitrogen and oxygen atoms in total. The summed E-state index contributed by atoms with van der Waals surface area (Å²) in [6.07, 6.45) is -0.756. The molecule has 2 heterocycles. The van der Waals surface area contributed by atoms with Gasteiger partial charge in [0.05, 0.1) is 18.5 Å². The van der Waals surface area contributed by atoms with Crippen LogP contribution in [0.3, 0.4) is 0 Å². The average Bonchev–Trinajstić information content (AvgIpc) is 4.03. The molecular weight excluding hydrogens is 931 g/mol. The molecule has 0 radical (unpaired) electrons. The Morgan fingerprint density at radius 3 is 1.69 bits per heavy atom. The Morgan fingerprint density at radius 1 is 0.704 bits per heavy atom. The molecule has 0 bridgehead atoms.